The molecule has 0 atom stereocenters. The molecule has 0 aliphatic carbocycles. The van der Waals surface area contributed by atoms with E-state index in [1.165, 1.54) is 5.56 Å². The Morgan fingerprint density at radius 1 is 1.47 bits per heavy atom. The first-order chi connectivity index (χ1) is 8.40. The molecule has 0 radical (unpaired) electrons. The van der Waals surface area contributed by atoms with E-state index < -0.39 is 0 Å². The minimum atomic E-state index is 0.796. The van der Waals surface area contributed by atoms with Crippen molar-refractivity contribution in [3.05, 3.63) is 34.5 Å². The second-order valence-electron chi connectivity index (χ2n) is 3.96. The van der Waals surface area contributed by atoms with Crippen molar-refractivity contribution in [3.63, 3.8) is 0 Å². The van der Waals surface area contributed by atoms with Crippen LogP contribution in [-0.4, -0.2) is 21.3 Å². The lowest BCUT2D eigenvalue weighted by molar-refractivity contribution is 0.543. The Morgan fingerprint density at radius 3 is 3.18 bits per heavy atom. The monoisotopic (exact) mass is 250 g/mol. The number of rotatable bonds is 7. The van der Waals surface area contributed by atoms with Gasteiger partial charge in [-0.15, -0.1) is 0 Å². The highest BCUT2D eigenvalue weighted by molar-refractivity contribution is 7.07. The maximum atomic E-state index is 4.26. The molecule has 0 aliphatic rings. The second kappa shape index (κ2) is 6.51. The minimum Gasteiger partial charge on any atom is -0.310 e. The second-order valence-corrected chi connectivity index (χ2v) is 4.74. The maximum absolute atomic E-state index is 4.26. The molecule has 0 aliphatic heterocycles. The van der Waals surface area contributed by atoms with Crippen LogP contribution in [0.5, 0.6) is 0 Å². The van der Waals surface area contributed by atoms with E-state index in [0.29, 0.717) is 0 Å². The number of thiophene rings is 1. The lowest BCUT2D eigenvalue weighted by Crippen LogP contribution is -2.20. The Hall–Kier alpha value is -1.20. The average Bonchev–Trinajstić information content (AvgIpc) is 2.96. The summed E-state index contributed by atoms with van der Waals surface area (Å²) in [6.45, 7) is 4.87. The van der Waals surface area contributed by atoms with Crippen LogP contribution in [0.15, 0.2) is 23.2 Å². The summed E-state index contributed by atoms with van der Waals surface area (Å²) in [4.78, 5) is 4.26. The van der Waals surface area contributed by atoms with Gasteiger partial charge in [-0.1, -0.05) is 6.92 Å². The highest BCUT2D eigenvalue weighted by Crippen LogP contribution is 2.05. The predicted octanol–water partition coefficient (Wildman–Crippen LogP) is 2.08. The summed E-state index contributed by atoms with van der Waals surface area (Å²) in [7, 11) is 0. The standard InChI is InChI=1S/C12H18N4S/c1-2-6-16-12(14-10-15-16)8-13-5-3-11-4-7-17-9-11/h4,7,9-10,13H,2-3,5-6,8H2,1H3. The van der Waals surface area contributed by atoms with Gasteiger partial charge in [0.25, 0.3) is 0 Å². The number of hydrogen-bond donors (Lipinski definition) is 1. The fourth-order valence-corrected chi connectivity index (χ4v) is 2.39. The van der Waals surface area contributed by atoms with Crippen molar-refractivity contribution in [2.75, 3.05) is 6.54 Å². The van der Waals surface area contributed by atoms with Crippen LogP contribution in [0.25, 0.3) is 0 Å². The van der Waals surface area contributed by atoms with Gasteiger partial charge in [0.1, 0.15) is 12.2 Å². The molecule has 1 N–H and O–H groups in total. The molecule has 2 rings (SSSR count). The molecule has 92 valence electrons. The van der Waals surface area contributed by atoms with Gasteiger partial charge in [0, 0.05) is 6.54 Å². The molecule has 0 amide bonds. The minimum absolute atomic E-state index is 0.796. The molecule has 0 unspecified atom stereocenters. The topological polar surface area (TPSA) is 42.7 Å². The zero-order valence-electron chi connectivity index (χ0n) is 10.1. The lowest BCUT2D eigenvalue weighted by atomic mass is 10.2. The van der Waals surface area contributed by atoms with E-state index in [4.69, 9.17) is 0 Å². The lowest BCUT2D eigenvalue weighted by Gasteiger charge is -2.05. The van der Waals surface area contributed by atoms with E-state index in [1.54, 1.807) is 17.7 Å². The summed E-state index contributed by atoms with van der Waals surface area (Å²) in [6, 6.07) is 2.17. The molecule has 0 bridgehead atoms. The fourth-order valence-electron chi connectivity index (χ4n) is 1.69. The normalized spacial score (nSPS) is 10.9. The summed E-state index contributed by atoms with van der Waals surface area (Å²) in [6.07, 6.45) is 3.79. The quantitative estimate of drug-likeness (QED) is 0.765. The van der Waals surface area contributed by atoms with Crippen LogP contribution in [0, 0.1) is 0 Å². The Morgan fingerprint density at radius 2 is 2.41 bits per heavy atom. The summed E-state index contributed by atoms with van der Waals surface area (Å²) < 4.78 is 1.97. The highest BCUT2D eigenvalue weighted by atomic mass is 32.1. The number of nitrogens with one attached hydrogen (secondary N) is 1. The van der Waals surface area contributed by atoms with Gasteiger partial charge in [-0.25, -0.2) is 9.67 Å². The van der Waals surface area contributed by atoms with Gasteiger partial charge in [-0.3, -0.25) is 0 Å². The van der Waals surface area contributed by atoms with E-state index in [1.807, 2.05) is 4.68 Å². The predicted molar refractivity (Wildman–Crippen MR) is 70.0 cm³/mol. The Bertz CT molecular complexity index is 421. The third-order valence-corrected chi connectivity index (χ3v) is 3.32. The Labute approximate surface area is 106 Å². The fraction of sp³-hybridized carbons (Fsp3) is 0.500. The van der Waals surface area contributed by atoms with Gasteiger partial charge in [-0.2, -0.15) is 16.4 Å². The van der Waals surface area contributed by atoms with Gasteiger partial charge in [0.15, 0.2) is 0 Å². The first-order valence-corrected chi connectivity index (χ1v) is 6.93. The molecule has 17 heavy (non-hydrogen) atoms. The van der Waals surface area contributed by atoms with Crippen molar-refractivity contribution in [2.24, 2.45) is 0 Å². The third kappa shape index (κ3) is 3.64. The molecule has 2 aromatic rings. The van der Waals surface area contributed by atoms with Crippen molar-refractivity contribution in [3.8, 4) is 0 Å². The van der Waals surface area contributed by atoms with Crippen LogP contribution in [0.1, 0.15) is 24.7 Å². The van der Waals surface area contributed by atoms with E-state index in [2.05, 4.69) is 39.1 Å². The zero-order valence-corrected chi connectivity index (χ0v) is 10.9. The molecule has 2 heterocycles. The number of hydrogen-bond acceptors (Lipinski definition) is 4. The molecule has 4 nitrogen and oxygen atoms in total. The van der Waals surface area contributed by atoms with E-state index in [9.17, 15) is 0 Å². The van der Waals surface area contributed by atoms with Crippen LogP contribution >= 0.6 is 11.3 Å². The molecule has 0 spiro atoms. The summed E-state index contributed by atoms with van der Waals surface area (Å²) >= 11 is 1.75. The summed E-state index contributed by atoms with van der Waals surface area (Å²) in [5, 5.41) is 11.9. The SMILES string of the molecule is CCCn1ncnc1CNCCc1ccsc1. The smallest absolute Gasteiger partial charge is 0.140 e. The number of aryl methyl sites for hydroxylation is 1. The maximum Gasteiger partial charge on any atom is 0.140 e. The molecule has 0 saturated heterocycles. The zero-order chi connectivity index (χ0) is 11.9. The third-order valence-electron chi connectivity index (χ3n) is 2.58. The van der Waals surface area contributed by atoms with E-state index in [0.717, 1.165) is 38.3 Å². The first-order valence-electron chi connectivity index (χ1n) is 5.98. The highest BCUT2D eigenvalue weighted by Gasteiger charge is 2.02. The summed E-state index contributed by atoms with van der Waals surface area (Å²) in [5.74, 6) is 1.03. The largest absolute Gasteiger partial charge is 0.310 e. The first kappa shape index (κ1) is 12.3. The van der Waals surface area contributed by atoms with Crippen LogP contribution in [0.2, 0.25) is 0 Å². The number of nitrogens with zero attached hydrogens (tertiary/aromatic N) is 3. The van der Waals surface area contributed by atoms with E-state index >= 15 is 0 Å². The number of aromatic nitrogens is 3. The molecular formula is C12H18N4S. The van der Waals surface area contributed by atoms with Gasteiger partial charge in [-0.05, 0) is 41.8 Å². The molecular weight excluding hydrogens is 232 g/mol. The van der Waals surface area contributed by atoms with Crippen LogP contribution < -0.4 is 5.32 Å². The molecule has 0 saturated carbocycles. The van der Waals surface area contributed by atoms with Crippen molar-refractivity contribution in [1.29, 1.82) is 0 Å². The average molecular weight is 250 g/mol. The Kier molecular flexibility index (Phi) is 4.70. The van der Waals surface area contributed by atoms with Crippen molar-refractivity contribution in [1.82, 2.24) is 20.1 Å². The molecule has 0 fully saturated rings. The Balaban J connectivity index is 1.72. The van der Waals surface area contributed by atoms with Gasteiger partial charge >= 0.3 is 0 Å². The van der Waals surface area contributed by atoms with Crippen molar-refractivity contribution >= 4 is 11.3 Å². The summed E-state index contributed by atoms with van der Waals surface area (Å²) in [5.41, 5.74) is 1.40. The molecule has 0 aromatic carbocycles. The van der Waals surface area contributed by atoms with Crippen LogP contribution in [0.4, 0.5) is 0 Å². The van der Waals surface area contributed by atoms with Crippen LogP contribution in [-0.2, 0) is 19.5 Å². The van der Waals surface area contributed by atoms with Gasteiger partial charge < -0.3 is 5.32 Å². The molecule has 2 aromatic heterocycles. The van der Waals surface area contributed by atoms with Gasteiger partial charge in [0.2, 0.25) is 0 Å². The molecule has 5 heteroatoms. The van der Waals surface area contributed by atoms with E-state index in [-0.39, 0.29) is 0 Å². The van der Waals surface area contributed by atoms with Gasteiger partial charge in [0.05, 0.1) is 6.54 Å². The van der Waals surface area contributed by atoms with Crippen molar-refractivity contribution < 1.29 is 0 Å². The van der Waals surface area contributed by atoms with Crippen molar-refractivity contribution in [2.45, 2.75) is 32.9 Å². The van der Waals surface area contributed by atoms with Crippen LogP contribution in [0.3, 0.4) is 0 Å².